The summed E-state index contributed by atoms with van der Waals surface area (Å²) in [5, 5.41) is 13.5. The van der Waals surface area contributed by atoms with Crippen LogP contribution in [-0.2, 0) is 4.79 Å². The zero-order valence-electron chi connectivity index (χ0n) is 17.3. The van der Waals surface area contributed by atoms with Gasteiger partial charge in [-0.25, -0.2) is 0 Å². The van der Waals surface area contributed by atoms with E-state index in [1.165, 1.54) is 11.8 Å². The van der Waals surface area contributed by atoms with Gasteiger partial charge in [-0.15, -0.1) is 10.2 Å². The van der Waals surface area contributed by atoms with Crippen molar-refractivity contribution in [3.63, 3.8) is 0 Å². The Bertz CT molecular complexity index is 1390. The maximum atomic E-state index is 12.5. The van der Waals surface area contributed by atoms with Crippen LogP contribution in [0.5, 0.6) is 0 Å². The van der Waals surface area contributed by atoms with Gasteiger partial charge in [-0.1, -0.05) is 42.1 Å². The number of rotatable bonds is 6. The normalized spacial score (nSPS) is 11.0. The molecule has 0 fully saturated rings. The van der Waals surface area contributed by atoms with Gasteiger partial charge in [0.15, 0.2) is 11.0 Å². The SMILES string of the molecule is Cc1cccc(-n2c(SCC(=O)Nc3cccnc3)nnc2-c2c[nH]c3ccccc23)c1. The summed E-state index contributed by atoms with van der Waals surface area (Å²) >= 11 is 1.35. The Morgan fingerprint density at radius 3 is 2.84 bits per heavy atom. The van der Waals surface area contributed by atoms with Crippen LogP contribution in [0.25, 0.3) is 28.0 Å². The molecule has 32 heavy (non-hydrogen) atoms. The smallest absolute Gasteiger partial charge is 0.234 e. The summed E-state index contributed by atoms with van der Waals surface area (Å²) in [6.45, 7) is 2.05. The molecule has 2 N–H and O–H groups in total. The second-order valence-corrected chi connectivity index (χ2v) is 8.25. The van der Waals surface area contributed by atoms with Crippen LogP contribution >= 0.6 is 11.8 Å². The molecule has 0 aliphatic heterocycles. The van der Waals surface area contributed by atoms with E-state index in [0.717, 1.165) is 33.5 Å². The first-order valence-corrected chi connectivity index (χ1v) is 11.1. The van der Waals surface area contributed by atoms with Crippen LogP contribution in [0.3, 0.4) is 0 Å². The van der Waals surface area contributed by atoms with E-state index < -0.39 is 0 Å². The van der Waals surface area contributed by atoms with Gasteiger partial charge in [0, 0.05) is 34.5 Å². The lowest BCUT2D eigenvalue weighted by Gasteiger charge is -2.11. The highest BCUT2D eigenvalue weighted by Gasteiger charge is 2.19. The van der Waals surface area contributed by atoms with E-state index in [4.69, 9.17) is 0 Å². The number of H-pyrrole nitrogens is 1. The minimum Gasteiger partial charge on any atom is -0.360 e. The predicted molar refractivity (Wildman–Crippen MR) is 127 cm³/mol. The lowest BCUT2D eigenvalue weighted by molar-refractivity contribution is -0.113. The first kappa shape index (κ1) is 20.0. The number of fused-ring (bicyclic) bond motifs is 1. The molecule has 0 spiro atoms. The lowest BCUT2D eigenvalue weighted by atomic mass is 10.1. The first-order valence-electron chi connectivity index (χ1n) is 10.1. The van der Waals surface area contributed by atoms with E-state index in [2.05, 4.69) is 37.6 Å². The predicted octanol–water partition coefficient (Wildman–Crippen LogP) is 4.85. The second kappa shape index (κ2) is 8.68. The van der Waals surface area contributed by atoms with E-state index in [1.54, 1.807) is 24.5 Å². The summed E-state index contributed by atoms with van der Waals surface area (Å²) in [6, 6.07) is 19.8. The number of carbonyl (C=O) groups is 1. The molecular weight excluding hydrogens is 420 g/mol. The number of anilines is 1. The largest absolute Gasteiger partial charge is 0.360 e. The average molecular weight is 441 g/mol. The number of carbonyl (C=O) groups excluding carboxylic acids is 1. The number of amides is 1. The lowest BCUT2D eigenvalue weighted by Crippen LogP contribution is -2.14. The molecule has 0 aliphatic rings. The maximum Gasteiger partial charge on any atom is 0.234 e. The summed E-state index contributed by atoms with van der Waals surface area (Å²) in [5.41, 5.74) is 4.74. The standard InChI is InChI=1S/C24H20N6OS/c1-16-6-4-8-18(12-16)30-23(20-14-26-21-10-3-2-9-19(20)21)28-29-24(30)32-15-22(31)27-17-7-5-11-25-13-17/h2-14,26H,15H2,1H3,(H,27,31). The summed E-state index contributed by atoms with van der Waals surface area (Å²) in [4.78, 5) is 19.8. The van der Waals surface area contributed by atoms with Crippen LogP contribution in [-0.4, -0.2) is 36.4 Å². The Morgan fingerprint density at radius 2 is 2.00 bits per heavy atom. The first-order chi connectivity index (χ1) is 15.7. The molecule has 7 nitrogen and oxygen atoms in total. The topological polar surface area (TPSA) is 88.5 Å². The Balaban J connectivity index is 1.50. The van der Waals surface area contributed by atoms with E-state index in [9.17, 15) is 4.79 Å². The molecule has 5 aromatic rings. The van der Waals surface area contributed by atoms with Crippen molar-refractivity contribution in [2.75, 3.05) is 11.1 Å². The number of pyridine rings is 1. The number of nitrogens with one attached hydrogen (secondary N) is 2. The molecule has 2 aromatic carbocycles. The zero-order chi connectivity index (χ0) is 21.9. The second-order valence-electron chi connectivity index (χ2n) is 7.31. The molecule has 0 saturated heterocycles. The number of thioether (sulfide) groups is 1. The fraction of sp³-hybridized carbons (Fsp3) is 0.0833. The summed E-state index contributed by atoms with van der Waals surface area (Å²) < 4.78 is 2.00. The van der Waals surface area contributed by atoms with Gasteiger partial charge >= 0.3 is 0 Å². The Kier molecular flexibility index (Phi) is 5.43. The van der Waals surface area contributed by atoms with Crippen molar-refractivity contribution in [1.82, 2.24) is 24.7 Å². The number of nitrogens with zero attached hydrogens (tertiary/aromatic N) is 4. The maximum absolute atomic E-state index is 12.5. The van der Waals surface area contributed by atoms with E-state index >= 15 is 0 Å². The molecule has 0 radical (unpaired) electrons. The van der Waals surface area contributed by atoms with Crippen molar-refractivity contribution in [3.05, 3.63) is 84.8 Å². The van der Waals surface area contributed by atoms with Gasteiger partial charge in [-0.2, -0.15) is 0 Å². The van der Waals surface area contributed by atoms with Crippen molar-refractivity contribution < 1.29 is 4.79 Å². The molecule has 1 amide bonds. The van der Waals surface area contributed by atoms with Gasteiger partial charge in [0.2, 0.25) is 5.91 Å². The minimum atomic E-state index is -0.129. The third-order valence-corrected chi connectivity index (χ3v) is 5.93. The van der Waals surface area contributed by atoms with Gasteiger partial charge in [0.25, 0.3) is 0 Å². The van der Waals surface area contributed by atoms with Gasteiger partial charge in [0.05, 0.1) is 17.6 Å². The van der Waals surface area contributed by atoms with Crippen LogP contribution < -0.4 is 5.32 Å². The number of hydrogen-bond acceptors (Lipinski definition) is 5. The summed E-state index contributed by atoms with van der Waals surface area (Å²) in [7, 11) is 0. The molecule has 0 aliphatic carbocycles. The van der Waals surface area contributed by atoms with Gasteiger partial charge < -0.3 is 10.3 Å². The number of aromatic nitrogens is 5. The third-order valence-electron chi connectivity index (χ3n) is 5.00. The molecule has 0 saturated carbocycles. The molecular formula is C24H20N6OS. The van der Waals surface area contributed by atoms with Crippen molar-refractivity contribution in [2.24, 2.45) is 0 Å². The highest BCUT2D eigenvalue weighted by molar-refractivity contribution is 7.99. The molecule has 158 valence electrons. The Labute approximate surface area is 188 Å². The van der Waals surface area contributed by atoms with Gasteiger partial charge in [-0.05, 0) is 42.8 Å². The van der Waals surface area contributed by atoms with E-state index in [-0.39, 0.29) is 11.7 Å². The van der Waals surface area contributed by atoms with Crippen LogP contribution in [0.4, 0.5) is 5.69 Å². The zero-order valence-corrected chi connectivity index (χ0v) is 18.1. The van der Waals surface area contributed by atoms with Gasteiger partial charge in [0.1, 0.15) is 0 Å². The van der Waals surface area contributed by atoms with Crippen LogP contribution in [0, 0.1) is 6.92 Å². The molecule has 3 aromatic heterocycles. The van der Waals surface area contributed by atoms with Crippen molar-refractivity contribution in [1.29, 1.82) is 0 Å². The molecule has 0 unspecified atom stereocenters. The van der Waals surface area contributed by atoms with Crippen LogP contribution in [0.15, 0.2) is 84.4 Å². The molecule has 0 atom stereocenters. The van der Waals surface area contributed by atoms with Crippen LogP contribution in [0.2, 0.25) is 0 Å². The number of hydrogen-bond donors (Lipinski definition) is 2. The number of aromatic amines is 1. The van der Waals surface area contributed by atoms with Crippen molar-refractivity contribution >= 4 is 34.3 Å². The number of para-hydroxylation sites is 1. The summed E-state index contributed by atoms with van der Waals surface area (Å²) in [5.74, 6) is 0.797. The van der Waals surface area contributed by atoms with E-state index in [0.29, 0.717) is 10.8 Å². The molecule has 0 bridgehead atoms. The third kappa shape index (κ3) is 4.00. The minimum absolute atomic E-state index is 0.129. The van der Waals surface area contributed by atoms with E-state index in [1.807, 2.05) is 54.1 Å². The van der Waals surface area contributed by atoms with Gasteiger partial charge in [-0.3, -0.25) is 14.3 Å². The highest BCUT2D eigenvalue weighted by atomic mass is 32.2. The monoisotopic (exact) mass is 440 g/mol. The average Bonchev–Trinajstić information content (AvgIpc) is 3.42. The highest BCUT2D eigenvalue weighted by Crippen LogP contribution is 2.32. The Morgan fingerprint density at radius 1 is 1.09 bits per heavy atom. The quantitative estimate of drug-likeness (QED) is 0.369. The Hall–Kier alpha value is -3.91. The fourth-order valence-corrected chi connectivity index (χ4v) is 4.31. The molecule has 8 heteroatoms. The van der Waals surface area contributed by atoms with Crippen molar-refractivity contribution in [2.45, 2.75) is 12.1 Å². The number of aryl methyl sites for hydroxylation is 1. The number of benzene rings is 2. The fourth-order valence-electron chi connectivity index (χ4n) is 3.56. The summed E-state index contributed by atoms with van der Waals surface area (Å²) in [6.07, 6.45) is 5.23. The molecule has 5 rings (SSSR count). The van der Waals surface area contributed by atoms with Crippen LogP contribution in [0.1, 0.15) is 5.56 Å². The van der Waals surface area contributed by atoms with Crippen molar-refractivity contribution in [3.8, 4) is 17.1 Å². The molecule has 3 heterocycles.